The van der Waals surface area contributed by atoms with E-state index in [9.17, 15) is 19.5 Å². The lowest BCUT2D eigenvalue weighted by Gasteiger charge is -2.12. The Labute approximate surface area is 198 Å². The van der Waals surface area contributed by atoms with Crippen molar-refractivity contribution in [1.29, 1.82) is 0 Å². The summed E-state index contributed by atoms with van der Waals surface area (Å²) in [6.07, 6.45) is 6.71. The minimum Gasteiger partial charge on any atom is -0.507 e. The molecule has 2 aromatic rings. The zero-order chi connectivity index (χ0) is 24.4. The van der Waals surface area contributed by atoms with E-state index in [0.717, 1.165) is 37.0 Å². The first-order valence-corrected chi connectivity index (χ1v) is 12.1. The van der Waals surface area contributed by atoms with Gasteiger partial charge in [-0.2, -0.15) is 0 Å². The minimum atomic E-state index is -0.836. The molecule has 1 unspecified atom stereocenters. The fourth-order valence-corrected chi connectivity index (χ4v) is 4.42. The summed E-state index contributed by atoms with van der Waals surface area (Å²) in [5.41, 5.74) is -0.818. The van der Waals surface area contributed by atoms with Crippen LogP contribution in [-0.2, 0) is 11.2 Å². The molecule has 1 atom stereocenters. The summed E-state index contributed by atoms with van der Waals surface area (Å²) in [4.78, 5) is 38.6. The maximum atomic E-state index is 12.8. The van der Waals surface area contributed by atoms with Crippen molar-refractivity contribution in [3.63, 3.8) is 0 Å². The largest absolute Gasteiger partial charge is 0.507 e. The second kappa shape index (κ2) is 13.0. The molecule has 2 heterocycles. The van der Waals surface area contributed by atoms with Gasteiger partial charge in [-0.3, -0.25) is 4.79 Å². The molecule has 1 amide bonds. The van der Waals surface area contributed by atoms with Crippen molar-refractivity contribution in [2.75, 3.05) is 13.7 Å². The van der Waals surface area contributed by atoms with Gasteiger partial charge in [0.1, 0.15) is 17.1 Å². The Bertz CT molecular complexity index is 1040. The Hall–Kier alpha value is -2.87. The Balaban J connectivity index is 2.04. The highest BCUT2D eigenvalue weighted by Crippen LogP contribution is 2.27. The normalized spacial score (nSPS) is 12.4. The fraction of sp³-hybridized carbons (Fsp3) is 0.480. The number of ketones is 1. The highest BCUT2D eigenvalue weighted by atomic mass is 32.1. The fourth-order valence-electron chi connectivity index (χ4n) is 3.36. The van der Waals surface area contributed by atoms with Crippen LogP contribution < -0.4 is 10.9 Å². The molecule has 33 heavy (non-hydrogen) atoms. The van der Waals surface area contributed by atoms with Crippen LogP contribution in [0.5, 0.6) is 5.75 Å². The number of Topliss-reactive ketones (excluding diaryl/α,β-unsaturated/α-hetero) is 1. The first kappa shape index (κ1) is 26.4. The highest BCUT2D eigenvalue weighted by molar-refractivity contribution is 7.12. The summed E-state index contributed by atoms with van der Waals surface area (Å²) < 4.78 is 9.89. The molecule has 0 aliphatic carbocycles. The average molecular weight is 476 g/mol. The van der Waals surface area contributed by atoms with Crippen LogP contribution in [0.1, 0.15) is 84.7 Å². The van der Waals surface area contributed by atoms with Crippen LogP contribution in [0, 0.1) is 0 Å². The number of ether oxygens (including phenoxy) is 1. The number of alkyl carbamates (subject to hydrolysis) is 1. The number of thiophene rings is 1. The predicted molar refractivity (Wildman–Crippen MR) is 130 cm³/mol. The summed E-state index contributed by atoms with van der Waals surface area (Å²) in [5.74, 6) is -0.712. The van der Waals surface area contributed by atoms with E-state index in [0.29, 0.717) is 24.3 Å². The number of hydrogen-bond acceptors (Lipinski definition) is 7. The molecule has 0 spiro atoms. The molecule has 0 saturated carbocycles. The van der Waals surface area contributed by atoms with Crippen LogP contribution in [0.2, 0.25) is 0 Å². The smallest absolute Gasteiger partial charge is 0.406 e. The number of allylic oxidation sites excluding steroid dienone is 1. The zero-order valence-electron chi connectivity index (χ0n) is 19.7. The predicted octanol–water partition coefficient (Wildman–Crippen LogP) is 5.67. The summed E-state index contributed by atoms with van der Waals surface area (Å²) >= 11 is 1.62. The lowest BCUT2D eigenvalue weighted by Crippen LogP contribution is -2.23. The first-order chi connectivity index (χ1) is 15.8. The SMILES string of the molecule is CCCCc1ccc(C=C(C)C(=O)c2c(O)cc(C(C)CCCCNC(=O)OC)oc2=O)s1. The molecule has 180 valence electrons. The Morgan fingerprint density at radius 1 is 1.27 bits per heavy atom. The lowest BCUT2D eigenvalue weighted by molar-refractivity contribution is 0.102. The molecule has 2 N–H and O–H groups in total. The number of aryl methyl sites for hydroxylation is 1. The number of aromatic hydroxyl groups is 1. The molecule has 2 rings (SSSR count). The second-order valence-electron chi connectivity index (χ2n) is 8.08. The Kier molecular flexibility index (Phi) is 10.4. The maximum absolute atomic E-state index is 12.8. The molecule has 0 saturated heterocycles. The van der Waals surface area contributed by atoms with Crippen molar-refractivity contribution in [3.05, 3.63) is 55.3 Å². The molecule has 0 aromatic carbocycles. The van der Waals surface area contributed by atoms with Crippen molar-refractivity contribution in [2.24, 2.45) is 0 Å². The minimum absolute atomic E-state index is 0.129. The van der Waals surface area contributed by atoms with E-state index in [1.807, 2.05) is 13.0 Å². The molecule has 0 fully saturated rings. The van der Waals surface area contributed by atoms with Crippen molar-refractivity contribution < 1.29 is 23.8 Å². The van der Waals surface area contributed by atoms with Crippen molar-refractivity contribution in [3.8, 4) is 5.75 Å². The number of amides is 1. The monoisotopic (exact) mass is 475 g/mol. The van der Waals surface area contributed by atoms with Gasteiger partial charge in [-0.15, -0.1) is 11.3 Å². The standard InChI is InChI=1S/C25H33NO6S/c1-5-6-10-18-11-12-19(33-18)14-17(3)23(28)22-20(27)15-21(32-24(22)29)16(2)9-7-8-13-26-25(30)31-4/h11-12,14-16,27H,5-10,13H2,1-4H3,(H,26,30). The number of methoxy groups -OCH3 is 1. The topological polar surface area (TPSA) is 106 Å². The third kappa shape index (κ3) is 7.89. The summed E-state index contributed by atoms with van der Waals surface area (Å²) in [6, 6.07) is 5.37. The lowest BCUT2D eigenvalue weighted by atomic mass is 9.99. The van der Waals surface area contributed by atoms with E-state index in [4.69, 9.17) is 4.42 Å². The molecule has 2 aromatic heterocycles. The van der Waals surface area contributed by atoms with E-state index < -0.39 is 17.5 Å². The van der Waals surface area contributed by atoms with Crippen molar-refractivity contribution >= 4 is 29.3 Å². The van der Waals surface area contributed by atoms with Gasteiger partial charge >= 0.3 is 11.7 Å². The van der Waals surface area contributed by atoms with Crippen LogP contribution in [0.15, 0.2) is 33.0 Å². The average Bonchev–Trinajstić information content (AvgIpc) is 3.23. The first-order valence-electron chi connectivity index (χ1n) is 11.3. The van der Waals surface area contributed by atoms with Crippen LogP contribution in [0.3, 0.4) is 0 Å². The molecule has 8 heteroatoms. The molecule has 0 radical (unpaired) electrons. The van der Waals surface area contributed by atoms with Crippen molar-refractivity contribution in [1.82, 2.24) is 5.32 Å². The van der Waals surface area contributed by atoms with E-state index in [-0.39, 0.29) is 17.2 Å². The Morgan fingerprint density at radius 3 is 2.70 bits per heavy atom. The summed E-state index contributed by atoms with van der Waals surface area (Å²) in [5, 5.41) is 13.0. The quantitative estimate of drug-likeness (QED) is 0.233. The number of hydrogen-bond donors (Lipinski definition) is 2. The van der Waals surface area contributed by atoms with Gasteiger partial charge in [0.05, 0.1) is 7.11 Å². The van der Waals surface area contributed by atoms with Gasteiger partial charge in [0.2, 0.25) is 0 Å². The maximum Gasteiger partial charge on any atom is 0.406 e. The van der Waals surface area contributed by atoms with Gasteiger partial charge in [-0.1, -0.05) is 26.7 Å². The number of unbranched alkanes of at least 4 members (excludes halogenated alkanes) is 2. The molecular weight excluding hydrogens is 442 g/mol. The number of rotatable bonds is 12. The van der Waals surface area contributed by atoms with Crippen LogP contribution in [0.4, 0.5) is 4.79 Å². The van der Waals surface area contributed by atoms with E-state index in [1.54, 1.807) is 24.3 Å². The number of carbonyl (C=O) groups is 2. The molecule has 0 aliphatic heterocycles. The van der Waals surface area contributed by atoms with E-state index >= 15 is 0 Å². The van der Waals surface area contributed by atoms with E-state index in [1.165, 1.54) is 18.1 Å². The third-order valence-electron chi connectivity index (χ3n) is 5.36. The Morgan fingerprint density at radius 2 is 2.03 bits per heavy atom. The van der Waals surface area contributed by atoms with Gasteiger partial charge < -0.3 is 19.6 Å². The van der Waals surface area contributed by atoms with Gasteiger partial charge in [-0.25, -0.2) is 9.59 Å². The van der Waals surface area contributed by atoms with Gasteiger partial charge in [0.25, 0.3) is 0 Å². The molecule has 0 aliphatic rings. The van der Waals surface area contributed by atoms with Crippen LogP contribution in [0.25, 0.3) is 6.08 Å². The van der Waals surface area contributed by atoms with Crippen LogP contribution in [-0.4, -0.2) is 30.6 Å². The third-order valence-corrected chi connectivity index (χ3v) is 6.45. The van der Waals surface area contributed by atoms with E-state index in [2.05, 4.69) is 23.0 Å². The molecule has 7 nitrogen and oxygen atoms in total. The number of nitrogens with one attached hydrogen (secondary N) is 1. The van der Waals surface area contributed by atoms with Crippen LogP contribution >= 0.6 is 11.3 Å². The molecular formula is C25H33NO6S. The van der Waals surface area contributed by atoms with Gasteiger partial charge in [0, 0.05) is 28.3 Å². The van der Waals surface area contributed by atoms with Crippen molar-refractivity contribution in [2.45, 2.75) is 65.2 Å². The second-order valence-corrected chi connectivity index (χ2v) is 9.28. The van der Waals surface area contributed by atoms with Gasteiger partial charge in [0.15, 0.2) is 5.78 Å². The van der Waals surface area contributed by atoms with Gasteiger partial charge in [-0.05, 0) is 56.4 Å². The zero-order valence-corrected chi connectivity index (χ0v) is 20.5. The molecule has 0 bridgehead atoms. The summed E-state index contributed by atoms with van der Waals surface area (Å²) in [6.45, 7) is 6.14. The summed E-state index contributed by atoms with van der Waals surface area (Å²) in [7, 11) is 1.31. The number of carbonyl (C=O) groups excluding carboxylic acids is 2. The highest BCUT2D eigenvalue weighted by Gasteiger charge is 2.22.